The summed E-state index contributed by atoms with van der Waals surface area (Å²) in [6.45, 7) is 8.53. The second-order valence-electron chi connectivity index (χ2n) is 7.28. The van der Waals surface area contributed by atoms with Crippen LogP contribution in [0.3, 0.4) is 0 Å². The van der Waals surface area contributed by atoms with Crippen LogP contribution in [-0.4, -0.2) is 18.7 Å². The lowest BCUT2D eigenvalue weighted by Crippen LogP contribution is -3.00. The van der Waals surface area contributed by atoms with Crippen LogP contribution in [-0.2, 0) is 9.53 Å². The molecule has 0 bridgehead atoms. The lowest BCUT2D eigenvalue weighted by atomic mass is 10.2. The van der Waals surface area contributed by atoms with E-state index in [0.29, 0.717) is 12.8 Å². The molecule has 0 aromatic heterocycles. The lowest BCUT2D eigenvalue weighted by molar-refractivity contribution is -0.139. The minimum Gasteiger partial charge on any atom is -1.00 e. The third kappa shape index (κ3) is 5.15. The third-order valence-electron chi connectivity index (χ3n) is 5.10. The molecule has 0 aliphatic carbocycles. The van der Waals surface area contributed by atoms with E-state index in [2.05, 4.69) is 93.6 Å². The molecule has 3 aromatic carbocycles. The number of aryl methyl sites for hydroxylation is 3. The van der Waals surface area contributed by atoms with Crippen LogP contribution < -0.4 is 32.9 Å². The van der Waals surface area contributed by atoms with Crippen LogP contribution in [0.2, 0.25) is 0 Å². The highest BCUT2D eigenvalue weighted by Gasteiger charge is 2.47. The predicted molar refractivity (Wildman–Crippen MR) is 121 cm³/mol. The van der Waals surface area contributed by atoms with Gasteiger partial charge in [-0.25, -0.2) is 4.79 Å². The standard InChI is InChI=1S/C25H28O2P.BrH/c1-5-27-25(26)18-28(22-12-6-19(2)7-13-22,23-14-8-20(3)9-15-23)24-16-10-21(4)11-17-24;/h6-17H,5,18H2,1-4H3;1H/q+1;/p-1. The van der Waals surface area contributed by atoms with Crippen molar-refractivity contribution in [1.29, 1.82) is 0 Å². The molecule has 4 heteroatoms. The summed E-state index contributed by atoms with van der Waals surface area (Å²) in [6, 6.07) is 25.9. The first kappa shape index (κ1) is 23.3. The van der Waals surface area contributed by atoms with E-state index in [4.69, 9.17) is 4.74 Å². The van der Waals surface area contributed by atoms with Gasteiger partial charge in [-0.05, 0) is 64.1 Å². The molecule has 0 saturated heterocycles. The summed E-state index contributed by atoms with van der Waals surface area (Å²) in [6.07, 6.45) is 0.371. The first-order chi connectivity index (χ1) is 13.5. The second-order valence-corrected chi connectivity index (χ2v) is 10.8. The van der Waals surface area contributed by atoms with Gasteiger partial charge in [-0.3, -0.25) is 0 Å². The van der Waals surface area contributed by atoms with Crippen LogP contribution in [0, 0.1) is 20.8 Å². The molecule has 0 spiro atoms. The smallest absolute Gasteiger partial charge is 0.345 e. The maximum Gasteiger partial charge on any atom is 0.345 e. The monoisotopic (exact) mass is 470 g/mol. The van der Waals surface area contributed by atoms with Crippen molar-refractivity contribution in [2.45, 2.75) is 27.7 Å². The summed E-state index contributed by atoms with van der Waals surface area (Å²) < 4.78 is 5.42. The van der Waals surface area contributed by atoms with E-state index in [1.54, 1.807) is 0 Å². The molecule has 0 fully saturated rings. The van der Waals surface area contributed by atoms with Crippen molar-refractivity contribution in [2.75, 3.05) is 12.8 Å². The summed E-state index contributed by atoms with van der Waals surface area (Å²) in [5, 5.41) is 3.62. The van der Waals surface area contributed by atoms with Crippen molar-refractivity contribution in [3.05, 3.63) is 89.5 Å². The number of rotatable bonds is 6. The van der Waals surface area contributed by atoms with E-state index >= 15 is 0 Å². The van der Waals surface area contributed by atoms with Crippen molar-refractivity contribution in [2.24, 2.45) is 0 Å². The largest absolute Gasteiger partial charge is 1.00 e. The fourth-order valence-electron chi connectivity index (χ4n) is 3.52. The fraction of sp³-hybridized carbons (Fsp3) is 0.240. The Balaban J connectivity index is 0.00000300. The molecule has 152 valence electrons. The summed E-state index contributed by atoms with van der Waals surface area (Å²) in [4.78, 5) is 12.8. The van der Waals surface area contributed by atoms with Gasteiger partial charge in [-0.15, -0.1) is 0 Å². The minimum absolute atomic E-state index is 0. The Morgan fingerprint density at radius 2 is 1.00 bits per heavy atom. The second kappa shape index (κ2) is 10.2. The molecule has 0 atom stereocenters. The number of hydrogen-bond donors (Lipinski definition) is 0. The van der Waals surface area contributed by atoms with Crippen LogP contribution in [0.25, 0.3) is 0 Å². The van der Waals surface area contributed by atoms with E-state index in [0.717, 1.165) is 0 Å². The molecule has 0 amide bonds. The molecule has 3 aromatic rings. The highest BCUT2D eigenvalue weighted by molar-refractivity contribution is 7.96. The van der Waals surface area contributed by atoms with Gasteiger partial charge in [0.1, 0.15) is 23.2 Å². The van der Waals surface area contributed by atoms with E-state index in [-0.39, 0.29) is 23.0 Å². The van der Waals surface area contributed by atoms with Crippen LogP contribution >= 0.6 is 7.26 Å². The van der Waals surface area contributed by atoms with Crippen molar-refractivity contribution in [3.63, 3.8) is 0 Å². The van der Waals surface area contributed by atoms with E-state index in [1.165, 1.54) is 32.6 Å². The maximum absolute atomic E-state index is 12.8. The number of esters is 1. The minimum atomic E-state index is -2.17. The van der Waals surface area contributed by atoms with Gasteiger partial charge < -0.3 is 21.7 Å². The SMILES string of the molecule is CCOC(=O)C[P+](c1ccc(C)cc1)(c1ccc(C)cc1)c1ccc(C)cc1.[Br-]. The molecule has 0 unspecified atom stereocenters. The molecule has 0 aliphatic rings. The summed E-state index contributed by atoms with van der Waals surface area (Å²) >= 11 is 0. The van der Waals surface area contributed by atoms with Crippen molar-refractivity contribution in [1.82, 2.24) is 0 Å². The maximum atomic E-state index is 12.8. The molecule has 3 rings (SSSR count). The third-order valence-corrected chi connectivity index (χ3v) is 9.37. The molecule has 0 radical (unpaired) electrons. The van der Waals surface area contributed by atoms with Gasteiger partial charge in [-0.1, -0.05) is 53.1 Å². The highest BCUT2D eigenvalue weighted by Crippen LogP contribution is 2.55. The summed E-state index contributed by atoms with van der Waals surface area (Å²) in [7, 11) is -2.17. The Kier molecular flexibility index (Phi) is 8.19. The number of carbonyl (C=O) groups is 1. The fourth-order valence-corrected chi connectivity index (χ4v) is 7.41. The van der Waals surface area contributed by atoms with Gasteiger partial charge in [-0.2, -0.15) is 0 Å². The first-order valence-electron chi connectivity index (χ1n) is 9.71. The lowest BCUT2D eigenvalue weighted by Gasteiger charge is -2.27. The molecule has 0 N–H and O–H groups in total. The van der Waals surface area contributed by atoms with E-state index in [1.807, 2.05) is 6.92 Å². The van der Waals surface area contributed by atoms with Gasteiger partial charge in [0.2, 0.25) is 0 Å². The Bertz CT molecular complexity index is 821. The Labute approximate surface area is 185 Å². The van der Waals surface area contributed by atoms with Crippen LogP contribution in [0.5, 0.6) is 0 Å². The molecular formula is C25H28BrO2P. The number of benzene rings is 3. The Morgan fingerprint density at radius 1 is 0.690 bits per heavy atom. The van der Waals surface area contributed by atoms with Crippen molar-refractivity contribution in [3.8, 4) is 0 Å². The molecule has 0 heterocycles. The van der Waals surface area contributed by atoms with Gasteiger partial charge in [0.05, 0.1) is 6.61 Å². The quantitative estimate of drug-likeness (QED) is 0.402. The molecular weight excluding hydrogens is 443 g/mol. The highest BCUT2D eigenvalue weighted by atomic mass is 79.9. The molecule has 2 nitrogen and oxygen atoms in total. The summed E-state index contributed by atoms with van der Waals surface area (Å²) in [5.41, 5.74) is 3.64. The van der Waals surface area contributed by atoms with E-state index < -0.39 is 7.26 Å². The van der Waals surface area contributed by atoms with Crippen LogP contribution in [0.1, 0.15) is 23.6 Å². The Hall–Kier alpha value is -1.96. The number of halogens is 1. The van der Waals surface area contributed by atoms with Gasteiger partial charge in [0.15, 0.2) is 6.16 Å². The van der Waals surface area contributed by atoms with Gasteiger partial charge in [0.25, 0.3) is 0 Å². The number of hydrogen-bond acceptors (Lipinski definition) is 2. The Morgan fingerprint density at radius 3 is 1.28 bits per heavy atom. The average molecular weight is 471 g/mol. The number of ether oxygens (including phenoxy) is 1. The zero-order valence-corrected chi connectivity index (χ0v) is 20.0. The molecule has 29 heavy (non-hydrogen) atoms. The summed E-state index contributed by atoms with van der Waals surface area (Å²) in [5.74, 6) is -0.141. The zero-order valence-electron chi connectivity index (χ0n) is 17.5. The van der Waals surface area contributed by atoms with Gasteiger partial charge >= 0.3 is 5.97 Å². The van der Waals surface area contributed by atoms with Crippen LogP contribution in [0.15, 0.2) is 72.8 Å². The number of carbonyl (C=O) groups excluding carboxylic acids is 1. The topological polar surface area (TPSA) is 26.3 Å². The molecule has 0 aliphatic heterocycles. The van der Waals surface area contributed by atoms with E-state index in [9.17, 15) is 4.79 Å². The van der Waals surface area contributed by atoms with Crippen molar-refractivity contribution < 1.29 is 26.5 Å². The van der Waals surface area contributed by atoms with Gasteiger partial charge in [0, 0.05) is 0 Å². The predicted octanol–water partition coefficient (Wildman–Crippen LogP) is 1.47. The zero-order chi connectivity index (χ0) is 20.1. The first-order valence-corrected chi connectivity index (χ1v) is 11.7. The van der Waals surface area contributed by atoms with Crippen molar-refractivity contribution >= 4 is 29.1 Å². The normalized spacial score (nSPS) is 10.9. The molecule has 0 saturated carbocycles. The van der Waals surface area contributed by atoms with Crippen LogP contribution in [0.4, 0.5) is 0 Å². The average Bonchev–Trinajstić information content (AvgIpc) is 2.68.